The molecule has 1 N–H and O–H groups in total. The Hall–Kier alpha value is -2.05. The molecule has 5 nitrogen and oxygen atoms in total. The first kappa shape index (κ1) is 23.2. The highest BCUT2D eigenvalue weighted by Gasteiger charge is 2.20. The monoisotopic (exact) mass is 436 g/mol. The molecule has 0 heterocycles. The molecule has 0 aromatic heterocycles. The van der Waals surface area contributed by atoms with Gasteiger partial charge in [0, 0.05) is 18.0 Å². The average molecular weight is 437 g/mol. The summed E-state index contributed by atoms with van der Waals surface area (Å²) in [6.45, 7) is 8.02. The van der Waals surface area contributed by atoms with E-state index in [4.69, 9.17) is 11.6 Å². The molecule has 2 rings (SSSR count). The van der Waals surface area contributed by atoms with E-state index in [1.54, 1.807) is 25.1 Å². The molecule has 7 heteroatoms. The summed E-state index contributed by atoms with van der Waals surface area (Å²) in [4.78, 5) is 12.4. The first-order valence-electron chi connectivity index (χ1n) is 9.60. The van der Waals surface area contributed by atoms with Gasteiger partial charge in [-0.05, 0) is 62.9 Å². The lowest BCUT2D eigenvalue weighted by Crippen LogP contribution is -2.33. The Morgan fingerprint density at radius 2 is 1.86 bits per heavy atom. The zero-order chi connectivity index (χ0) is 21.8. The fourth-order valence-corrected chi connectivity index (χ4v) is 4.60. The molecule has 0 saturated carbocycles. The summed E-state index contributed by atoms with van der Waals surface area (Å²) in [6, 6.07) is 11.2. The lowest BCUT2D eigenvalue weighted by Gasteiger charge is -2.24. The number of nitrogens with zero attached hydrogens (tertiary/aromatic N) is 1. The number of amides is 1. The molecule has 2 aromatic carbocycles. The van der Waals surface area contributed by atoms with Crippen molar-refractivity contribution in [1.29, 1.82) is 0 Å². The van der Waals surface area contributed by atoms with E-state index in [2.05, 4.69) is 11.4 Å². The molecule has 0 aliphatic rings. The summed E-state index contributed by atoms with van der Waals surface area (Å²) in [6.07, 6.45) is 1.81. The first-order valence-corrected chi connectivity index (χ1v) is 11.8. The molecule has 0 unspecified atom stereocenters. The van der Waals surface area contributed by atoms with Crippen molar-refractivity contribution in [3.8, 4) is 0 Å². The summed E-state index contributed by atoms with van der Waals surface area (Å²) >= 11 is 6.14. The third kappa shape index (κ3) is 6.21. The maximum absolute atomic E-state index is 12.4. The van der Waals surface area contributed by atoms with Crippen LogP contribution >= 0.6 is 11.6 Å². The Balaban J connectivity index is 2.00. The van der Waals surface area contributed by atoms with Crippen molar-refractivity contribution >= 4 is 33.2 Å². The van der Waals surface area contributed by atoms with Crippen LogP contribution in [0.25, 0.3) is 0 Å². The molecule has 0 spiro atoms. The van der Waals surface area contributed by atoms with Crippen molar-refractivity contribution in [1.82, 2.24) is 5.32 Å². The molecule has 0 fully saturated rings. The van der Waals surface area contributed by atoms with E-state index in [-0.39, 0.29) is 24.9 Å². The SMILES string of the molecule is Cc1ccc([C@@H](C)NC(=O)CCCN(c2cccc(Cl)c2C)S(C)(=O)=O)c(C)c1. The quantitative estimate of drug-likeness (QED) is 0.652. The number of aryl methyl sites for hydroxylation is 2. The van der Waals surface area contributed by atoms with Gasteiger partial charge in [-0.3, -0.25) is 9.10 Å². The lowest BCUT2D eigenvalue weighted by atomic mass is 10.00. The largest absolute Gasteiger partial charge is 0.350 e. The van der Waals surface area contributed by atoms with Crippen molar-refractivity contribution in [2.75, 3.05) is 17.1 Å². The Kier molecular flexibility index (Phi) is 7.72. The van der Waals surface area contributed by atoms with Gasteiger partial charge in [-0.25, -0.2) is 8.42 Å². The fourth-order valence-electron chi connectivity index (χ4n) is 3.42. The molecule has 1 amide bonds. The number of sulfonamides is 1. The van der Waals surface area contributed by atoms with E-state index >= 15 is 0 Å². The molecule has 0 aliphatic carbocycles. The first-order chi connectivity index (χ1) is 13.5. The van der Waals surface area contributed by atoms with Crippen LogP contribution in [0, 0.1) is 20.8 Å². The number of hydrogen-bond acceptors (Lipinski definition) is 3. The fraction of sp³-hybridized carbons (Fsp3) is 0.409. The molecule has 158 valence electrons. The number of anilines is 1. The van der Waals surface area contributed by atoms with Gasteiger partial charge in [-0.15, -0.1) is 0 Å². The third-order valence-electron chi connectivity index (χ3n) is 4.94. The molecule has 0 bridgehead atoms. The Morgan fingerprint density at radius 3 is 2.48 bits per heavy atom. The number of carbonyl (C=O) groups is 1. The number of nitrogens with one attached hydrogen (secondary N) is 1. The summed E-state index contributed by atoms with van der Waals surface area (Å²) in [5, 5.41) is 3.51. The van der Waals surface area contributed by atoms with Crippen LogP contribution in [0.15, 0.2) is 36.4 Å². The second-order valence-corrected chi connectivity index (χ2v) is 9.79. The number of halogens is 1. The van der Waals surface area contributed by atoms with Crippen LogP contribution in [0.2, 0.25) is 5.02 Å². The van der Waals surface area contributed by atoms with Crippen LogP contribution in [-0.4, -0.2) is 27.1 Å². The van der Waals surface area contributed by atoms with Gasteiger partial charge in [0.1, 0.15) is 0 Å². The van der Waals surface area contributed by atoms with Crippen LogP contribution in [0.1, 0.15) is 48.1 Å². The van der Waals surface area contributed by atoms with Crippen LogP contribution in [0.4, 0.5) is 5.69 Å². The van der Waals surface area contributed by atoms with Gasteiger partial charge in [0.15, 0.2) is 0 Å². The normalized spacial score (nSPS) is 12.5. The Morgan fingerprint density at radius 1 is 1.17 bits per heavy atom. The maximum Gasteiger partial charge on any atom is 0.232 e. The van der Waals surface area contributed by atoms with Gasteiger partial charge < -0.3 is 5.32 Å². The van der Waals surface area contributed by atoms with E-state index in [9.17, 15) is 13.2 Å². The summed E-state index contributed by atoms with van der Waals surface area (Å²) in [5.41, 5.74) is 4.65. The van der Waals surface area contributed by atoms with Crippen molar-refractivity contribution < 1.29 is 13.2 Å². The predicted molar refractivity (Wildman–Crippen MR) is 120 cm³/mol. The second-order valence-electron chi connectivity index (χ2n) is 7.47. The van der Waals surface area contributed by atoms with Gasteiger partial charge in [0.05, 0.1) is 18.0 Å². The van der Waals surface area contributed by atoms with Gasteiger partial charge in [-0.2, -0.15) is 0 Å². The lowest BCUT2D eigenvalue weighted by molar-refractivity contribution is -0.121. The molecule has 0 saturated heterocycles. The van der Waals surface area contributed by atoms with E-state index in [1.807, 2.05) is 32.9 Å². The standard InChI is InChI=1S/C22H29ClN2O3S/c1-15-11-12-19(16(2)14-15)18(4)24-22(26)10-7-13-25(29(5,27)28)21-9-6-8-20(23)17(21)3/h6,8-9,11-12,14,18H,7,10,13H2,1-5H3,(H,24,26)/t18-/m1/s1. The number of hydrogen-bond donors (Lipinski definition) is 1. The number of carbonyl (C=O) groups excluding carboxylic acids is 1. The highest BCUT2D eigenvalue weighted by molar-refractivity contribution is 7.92. The Bertz CT molecular complexity index is 990. The molecule has 2 aromatic rings. The second kappa shape index (κ2) is 9.63. The smallest absolute Gasteiger partial charge is 0.232 e. The third-order valence-corrected chi connectivity index (χ3v) is 6.53. The van der Waals surface area contributed by atoms with Crippen LogP contribution in [0.5, 0.6) is 0 Å². The van der Waals surface area contributed by atoms with E-state index in [1.165, 1.54) is 9.87 Å². The highest BCUT2D eigenvalue weighted by atomic mass is 35.5. The van der Waals surface area contributed by atoms with Crippen molar-refractivity contribution in [2.45, 2.75) is 46.6 Å². The molecule has 1 atom stereocenters. The summed E-state index contributed by atoms with van der Waals surface area (Å²) < 4.78 is 25.9. The summed E-state index contributed by atoms with van der Waals surface area (Å²) in [5.74, 6) is -0.103. The molecule has 29 heavy (non-hydrogen) atoms. The molecular weight excluding hydrogens is 408 g/mol. The molecule has 0 radical (unpaired) electrons. The van der Waals surface area contributed by atoms with Crippen LogP contribution in [0.3, 0.4) is 0 Å². The van der Waals surface area contributed by atoms with Crippen molar-refractivity contribution in [3.05, 3.63) is 63.7 Å². The zero-order valence-electron chi connectivity index (χ0n) is 17.6. The van der Waals surface area contributed by atoms with Crippen LogP contribution < -0.4 is 9.62 Å². The average Bonchev–Trinajstić information content (AvgIpc) is 2.60. The topological polar surface area (TPSA) is 66.5 Å². The molecule has 0 aliphatic heterocycles. The van der Waals surface area contributed by atoms with E-state index in [0.717, 1.165) is 17.4 Å². The minimum Gasteiger partial charge on any atom is -0.350 e. The highest BCUT2D eigenvalue weighted by Crippen LogP contribution is 2.28. The number of rotatable bonds is 8. The maximum atomic E-state index is 12.4. The summed E-state index contributed by atoms with van der Waals surface area (Å²) in [7, 11) is -3.49. The van der Waals surface area contributed by atoms with Gasteiger partial charge in [-0.1, -0.05) is 41.4 Å². The van der Waals surface area contributed by atoms with Crippen LogP contribution in [-0.2, 0) is 14.8 Å². The van der Waals surface area contributed by atoms with Crippen molar-refractivity contribution in [3.63, 3.8) is 0 Å². The zero-order valence-corrected chi connectivity index (χ0v) is 19.2. The predicted octanol–water partition coefficient (Wildman–Crippen LogP) is 4.69. The minimum absolute atomic E-state index is 0.103. The van der Waals surface area contributed by atoms with E-state index < -0.39 is 10.0 Å². The molecular formula is C22H29ClN2O3S. The van der Waals surface area contributed by atoms with E-state index in [0.29, 0.717) is 22.7 Å². The Labute approximate surface area is 179 Å². The minimum atomic E-state index is -3.49. The van der Waals surface area contributed by atoms with Gasteiger partial charge >= 0.3 is 0 Å². The van der Waals surface area contributed by atoms with Crippen molar-refractivity contribution in [2.24, 2.45) is 0 Å². The van der Waals surface area contributed by atoms with Gasteiger partial charge in [0.2, 0.25) is 15.9 Å². The van der Waals surface area contributed by atoms with Gasteiger partial charge in [0.25, 0.3) is 0 Å². The number of benzene rings is 2.